The van der Waals surface area contributed by atoms with E-state index in [1.807, 2.05) is 19.9 Å². The molecule has 0 radical (unpaired) electrons. The molecule has 110 valence electrons. The minimum absolute atomic E-state index is 0.180. The average molecular weight is 278 g/mol. The van der Waals surface area contributed by atoms with Crippen molar-refractivity contribution >= 4 is 6.16 Å². The van der Waals surface area contributed by atoms with Gasteiger partial charge in [0.25, 0.3) is 0 Å². The SMILES string of the molecule is CC(C)=CCc1cc(OC(=O)OC(C)(C)C)ccc1O. The van der Waals surface area contributed by atoms with Gasteiger partial charge >= 0.3 is 6.16 Å². The summed E-state index contributed by atoms with van der Waals surface area (Å²) >= 11 is 0. The number of rotatable bonds is 3. The molecule has 0 unspecified atom stereocenters. The molecule has 0 saturated carbocycles. The van der Waals surface area contributed by atoms with Gasteiger partial charge in [-0.15, -0.1) is 0 Å². The van der Waals surface area contributed by atoms with Crippen LogP contribution in [0.15, 0.2) is 29.8 Å². The van der Waals surface area contributed by atoms with Crippen LogP contribution in [0.4, 0.5) is 4.79 Å². The first-order chi connectivity index (χ1) is 9.17. The average Bonchev–Trinajstić information content (AvgIpc) is 2.27. The normalized spacial score (nSPS) is 10.8. The smallest absolute Gasteiger partial charge is 0.508 e. The molecule has 1 N–H and O–H groups in total. The third kappa shape index (κ3) is 5.78. The maximum absolute atomic E-state index is 11.6. The third-order valence-corrected chi connectivity index (χ3v) is 2.37. The molecule has 0 heterocycles. The Kier molecular flexibility index (Phi) is 5.19. The number of hydrogen-bond donors (Lipinski definition) is 1. The first kappa shape index (κ1) is 16.1. The van der Waals surface area contributed by atoms with Gasteiger partial charge in [0, 0.05) is 5.56 Å². The second kappa shape index (κ2) is 6.46. The second-order valence-electron chi connectivity index (χ2n) is 5.84. The first-order valence-corrected chi connectivity index (χ1v) is 6.53. The van der Waals surface area contributed by atoms with Crippen molar-refractivity contribution in [1.82, 2.24) is 0 Å². The quantitative estimate of drug-likeness (QED) is 0.511. The lowest BCUT2D eigenvalue weighted by Crippen LogP contribution is -2.25. The summed E-state index contributed by atoms with van der Waals surface area (Å²) in [6, 6.07) is 4.68. The van der Waals surface area contributed by atoms with Gasteiger partial charge in [0.1, 0.15) is 17.1 Å². The van der Waals surface area contributed by atoms with Gasteiger partial charge in [0.05, 0.1) is 0 Å². The van der Waals surface area contributed by atoms with Crippen LogP contribution in [0.1, 0.15) is 40.2 Å². The van der Waals surface area contributed by atoms with Crippen LogP contribution >= 0.6 is 0 Å². The Morgan fingerprint density at radius 1 is 1.30 bits per heavy atom. The zero-order chi connectivity index (χ0) is 15.3. The van der Waals surface area contributed by atoms with Gasteiger partial charge < -0.3 is 14.6 Å². The minimum atomic E-state index is -0.753. The number of hydrogen-bond acceptors (Lipinski definition) is 4. The van der Waals surface area contributed by atoms with E-state index in [1.165, 1.54) is 12.1 Å². The molecule has 0 saturated heterocycles. The van der Waals surface area contributed by atoms with Crippen molar-refractivity contribution in [3.63, 3.8) is 0 Å². The number of allylic oxidation sites excluding steroid dienone is 2. The van der Waals surface area contributed by atoms with E-state index in [1.54, 1.807) is 26.8 Å². The number of ether oxygens (including phenoxy) is 2. The molecule has 0 atom stereocenters. The van der Waals surface area contributed by atoms with Crippen molar-refractivity contribution < 1.29 is 19.4 Å². The zero-order valence-electron chi connectivity index (χ0n) is 12.7. The van der Waals surface area contributed by atoms with E-state index in [9.17, 15) is 9.90 Å². The Bertz CT molecular complexity index is 506. The summed E-state index contributed by atoms with van der Waals surface area (Å²) in [6.45, 7) is 9.28. The Morgan fingerprint density at radius 2 is 1.95 bits per heavy atom. The van der Waals surface area contributed by atoms with E-state index in [0.29, 0.717) is 17.7 Å². The zero-order valence-corrected chi connectivity index (χ0v) is 12.7. The Labute approximate surface area is 120 Å². The molecule has 1 aromatic carbocycles. The van der Waals surface area contributed by atoms with Crippen molar-refractivity contribution in [2.45, 2.75) is 46.6 Å². The fraction of sp³-hybridized carbons (Fsp3) is 0.438. The Morgan fingerprint density at radius 3 is 2.50 bits per heavy atom. The highest BCUT2D eigenvalue weighted by molar-refractivity contribution is 5.64. The molecule has 1 aromatic rings. The van der Waals surface area contributed by atoms with Crippen molar-refractivity contribution in [2.75, 3.05) is 0 Å². The van der Waals surface area contributed by atoms with E-state index in [2.05, 4.69) is 0 Å². The van der Waals surface area contributed by atoms with E-state index in [4.69, 9.17) is 9.47 Å². The van der Waals surface area contributed by atoms with Crippen molar-refractivity contribution in [1.29, 1.82) is 0 Å². The van der Waals surface area contributed by atoms with E-state index in [0.717, 1.165) is 5.57 Å². The van der Waals surface area contributed by atoms with Crippen LogP contribution in [0, 0.1) is 0 Å². The lowest BCUT2D eigenvalue weighted by Gasteiger charge is -2.18. The maximum atomic E-state index is 11.6. The van der Waals surface area contributed by atoms with Crippen molar-refractivity contribution in [3.8, 4) is 11.5 Å². The largest absolute Gasteiger partial charge is 0.514 e. The van der Waals surface area contributed by atoms with Gasteiger partial charge in [-0.2, -0.15) is 0 Å². The molecule has 4 nitrogen and oxygen atoms in total. The fourth-order valence-electron chi connectivity index (χ4n) is 1.47. The molecule has 0 aliphatic carbocycles. The molecule has 0 aromatic heterocycles. The summed E-state index contributed by atoms with van der Waals surface area (Å²) < 4.78 is 10.2. The Hall–Kier alpha value is -1.97. The van der Waals surface area contributed by atoms with Gasteiger partial charge in [0.2, 0.25) is 0 Å². The second-order valence-corrected chi connectivity index (χ2v) is 5.84. The topological polar surface area (TPSA) is 55.8 Å². The number of phenols is 1. The molecular weight excluding hydrogens is 256 g/mol. The Balaban J connectivity index is 2.79. The third-order valence-electron chi connectivity index (χ3n) is 2.37. The van der Waals surface area contributed by atoms with Crippen LogP contribution in [0.3, 0.4) is 0 Å². The monoisotopic (exact) mass is 278 g/mol. The van der Waals surface area contributed by atoms with Crippen LogP contribution in [0.2, 0.25) is 0 Å². The first-order valence-electron chi connectivity index (χ1n) is 6.53. The fourth-order valence-corrected chi connectivity index (χ4v) is 1.47. The lowest BCUT2D eigenvalue weighted by molar-refractivity contribution is 0.0206. The number of phenolic OH excluding ortho intramolecular Hbond substituents is 1. The molecule has 1 rings (SSSR count). The van der Waals surface area contributed by atoms with Crippen LogP contribution in [-0.4, -0.2) is 16.9 Å². The molecule has 0 fully saturated rings. The number of carbonyl (C=O) groups excluding carboxylic acids is 1. The standard InChI is InChI=1S/C16H22O4/c1-11(2)6-7-12-10-13(8-9-14(12)17)19-15(18)20-16(3,4)5/h6,8-10,17H,7H2,1-5H3. The van der Waals surface area contributed by atoms with Gasteiger partial charge in [-0.1, -0.05) is 11.6 Å². The highest BCUT2D eigenvalue weighted by Crippen LogP contribution is 2.24. The minimum Gasteiger partial charge on any atom is -0.508 e. The van der Waals surface area contributed by atoms with E-state index < -0.39 is 11.8 Å². The van der Waals surface area contributed by atoms with Crippen molar-refractivity contribution in [2.24, 2.45) is 0 Å². The molecule has 0 amide bonds. The summed E-state index contributed by atoms with van der Waals surface area (Å²) in [5, 5.41) is 9.77. The molecule has 0 bridgehead atoms. The molecular formula is C16H22O4. The summed E-state index contributed by atoms with van der Waals surface area (Å²) in [6.07, 6.45) is 1.82. The predicted octanol–water partition coefficient (Wildman–Crippen LogP) is 4.21. The van der Waals surface area contributed by atoms with Gasteiger partial charge in [-0.3, -0.25) is 0 Å². The van der Waals surface area contributed by atoms with Crippen LogP contribution in [-0.2, 0) is 11.2 Å². The van der Waals surface area contributed by atoms with Crippen LogP contribution in [0.25, 0.3) is 0 Å². The summed E-state index contributed by atoms with van der Waals surface area (Å²) in [7, 11) is 0. The maximum Gasteiger partial charge on any atom is 0.514 e. The van der Waals surface area contributed by atoms with Crippen LogP contribution < -0.4 is 4.74 Å². The molecule has 0 aliphatic heterocycles. The summed E-state index contributed by atoms with van der Waals surface area (Å²) in [5.74, 6) is 0.535. The van der Waals surface area contributed by atoms with E-state index in [-0.39, 0.29) is 5.75 Å². The van der Waals surface area contributed by atoms with Crippen molar-refractivity contribution in [3.05, 3.63) is 35.4 Å². The van der Waals surface area contributed by atoms with Gasteiger partial charge in [-0.05, 0) is 59.2 Å². The number of aromatic hydroxyl groups is 1. The van der Waals surface area contributed by atoms with E-state index >= 15 is 0 Å². The molecule has 4 heteroatoms. The molecule has 20 heavy (non-hydrogen) atoms. The lowest BCUT2D eigenvalue weighted by atomic mass is 10.1. The molecule has 0 spiro atoms. The van der Waals surface area contributed by atoms with Crippen LogP contribution in [0.5, 0.6) is 11.5 Å². The highest BCUT2D eigenvalue weighted by atomic mass is 16.7. The summed E-state index contributed by atoms with van der Waals surface area (Å²) in [4.78, 5) is 11.6. The number of carbonyl (C=O) groups is 1. The van der Waals surface area contributed by atoms with Gasteiger partial charge in [-0.25, -0.2) is 4.79 Å². The number of benzene rings is 1. The highest BCUT2D eigenvalue weighted by Gasteiger charge is 2.18. The van der Waals surface area contributed by atoms with Gasteiger partial charge in [0.15, 0.2) is 0 Å². The summed E-state index contributed by atoms with van der Waals surface area (Å²) in [5.41, 5.74) is 1.26. The predicted molar refractivity (Wildman–Crippen MR) is 78.1 cm³/mol. The molecule has 0 aliphatic rings.